The van der Waals surface area contributed by atoms with E-state index >= 15 is 0 Å². The van der Waals surface area contributed by atoms with Crippen LogP contribution in [-0.2, 0) is 13.1 Å². The number of aromatic carboxylic acids is 1. The predicted octanol–water partition coefficient (Wildman–Crippen LogP) is 3.17. The van der Waals surface area contributed by atoms with Crippen LogP contribution in [0.3, 0.4) is 0 Å². The summed E-state index contributed by atoms with van der Waals surface area (Å²) in [4.78, 5) is 22.8. The van der Waals surface area contributed by atoms with Gasteiger partial charge in [0, 0.05) is 18.7 Å². The summed E-state index contributed by atoms with van der Waals surface area (Å²) >= 11 is 0. The van der Waals surface area contributed by atoms with E-state index in [1.54, 1.807) is 12.1 Å². The van der Waals surface area contributed by atoms with Gasteiger partial charge in [0.15, 0.2) is 0 Å². The van der Waals surface area contributed by atoms with Gasteiger partial charge in [-0.25, -0.2) is 9.59 Å². The fraction of sp³-hybridized carbons (Fsp3) is 0.300. The third kappa shape index (κ3) is 5.24. The molecular weight excluding hydrogens is 332 g/mol. The van der Waals surface area contributed by atoms with Crippen molar-refractivity contribution in [3.8, 4) is 5.75 Å². The quantitative estimate of drug-likeness (QED) is 0.679. The van der Waals surface area contributed by atoms with Crippen LogP contribution < -0.4 is 15.4 Å². The molecule has 0 saturated heterocycles. The Morgan fingerprint density at radius 2 is 1.69 bits per heavy atom. The molecule has 2 amide bonds. The highest BCUT2D eigenvalue weighted by Crippen LogP contribution is 2.30. The molecule has 6 heteroatoms. The SMILES string of the molecule is O=C(NCc1ccc(C(=O)O)cc1)NCc1ccccc1OCC1CC1. The van der Waals surface area contributed by atoms with E-state index in [-0.39, 0.29) is 11.6 Å². The molecule has 1 fully saturated rings. The van der Waals surface area contributed by atoms with Gasteiger partial charge < -0.3 is 20.5 Å². The third-order valence-electron chi connectivity index (χ3n) is 4.24. The highest BCUT2D eigenvalue weighted by molar-refractivity contribution is 5.87. The molecule has 2 aromatic rings. The zero-order valence-corrected chi connectivity index (χ0v) is 14.4. The standard InChI is InChI=1S/C20H22N2O4/c23-19(24)16-9-7-14(8-10-16)11-21-20(25)22-12-17-3-1-2-4-18(17)26-13-15-5-6-15/h1-4,7-10,15H,5-6,11-13H2,(H,23,24)(H2,21,22,25). The van der Waals surface area contributed by atoms with Gasteiger partial charge in [0.25, 0.3) is 0 Å². The number of nitrogens with one attached hydrogen (secondary N) is 2. The van der Waals surface area contributed by atoms with E-state index in [1.165, 1.54) is 25.0 Å². The number of carboxylic acids is 1. The minimum atomic E-state index is -0.968. The van der Waals surface area contributed by atoms with Crippen molar-refractivity contribution in [2.45, 2.75) is 25.9 Å². The Bertz CT molecular complexity index is 770. The number of rotatable bonds is 8. The number of benzene rings is 2. The summed E-state index contributed by atoms with van der Waals surface area (Å²) in [6.45, 7) is 1.44. The second kappa shape index (κ2) is 8.38. The first-order chi connectivity index (χ1) is 12.6. The maximum Gasteiger partial charge on any atom is 0.335 e. The van der Waals surface area contributed by atoms with Crippen molar-refractivity contribution in [2.75, 3.05) is 6.61 Å². The van der Waals surface area contributed by atoms with Crippen LogP contribution in [0.1, 0.15) is 34.3 Å². The van der Waals surface area contributed by atoms with Crippen molar-refractivity contribution < 1.29 is 19.4 Å². The van der Waals surface area contributed by atoms with Gasteiger partial charge in [-0.15, -0.1) is 0 Å². The monoisotopic (exact) mass is 354 g/mol. The van der Waals surface area contributed by atoms with E-state index in [0.717, 1.165) is 23.5 Å². The Morgan fingerprint density at radius 1 is 1.00 bits per heavy atom. The summed E-state index contributed by atoms with van der Waals surface area (Å²) in [7, 11) is 0. The number of ether oxygens (including phenoxy) is 1. The minimum absolute atomic E-state index is 0.223. The summed E-state index contributed by atoms with van der Waals surface area (Å²) in [5.41, 5.74) is 1.99. The third-order valence-corrected chi connectivity index (χ3v) is 4.24. The molecule has 0 aromatic heterocycles. The summed E-state index contributed by atoms with van der Waals surface area (Å²) in [5, 5.41) is 14.5. The number of hydrogen-bond donors (Lipinski definition) is 3. The summed E-state index contributed by atoms with van der Waals surface area (Å²) in [6, 6.07) is 13.8. The molecule has 6 nitrogen and oxygen atoms in total. The van der Waals surface area contributed by atoms with Crippen LogP contribution in [0.5, 0.6) is 5.75 Å². The van der Waals surface area contributed by atoms with Crippen LogP contribution in [0.25, 0.3) is 0 Å². The van der Waals surface area contributed by atoms with Crippen LogP contribution in [0.15, 0.2) is 48.5 Å². The predicted molar refractivity (Wildman–Crippen MR) is 97.1 cm³/mol. The van der Waals surface area contributed by atoms with Crippen LogP contribution in [0.4, 0.5) is 4.79 Å². The van der Waals surface area contributed by atoms with Crippen molar-refractivity contribution in [3.63, 3.8) is 0 Å². The van der Waals surface area contributed by atoms with Crippen molar-refractivity contribution in [1.29, 1.82) is 0 Å². The number of carbonyl (C=O) groups excluding carboxylic acids is 1. The lowest BCUT2D eigenvalue weighted by Gasteiger charge is -2.12. The molecule has 0 heterocycles. The Kier molecular flexibility index (Phi) is 5.73. The lowest BCUT2D eigenvalue weighted by Crippen LogP contribution is -2.34. The number of carbonyl (C=O) groups is 2. The number of hydrogen-bond acceptors (Lipinski definition) is 3. The van der Waals surface area contributed by atoms with E-state index in [9.17, 15) is 9.59 Å². The molecule has 1 aliphatic rings. The fourth-order valence-corrected chi connectivity index (χ4v) is 2.47. The maximum atomic E-state index is 12.0. The summed E-state index contributed by atoms with van der Waals surface area (Å²) < 4.78 is 5.83. The van der Waals surface area contributed by atoms with E-state index in [0.29, 0.717) is 19.0 Å². The van der Waals surface area contributed by atoms with Gasteiger partial charge in [-0.05, 0) is 42.5 Å². The zero-order chi connectivity index (χ0) is 18.4. The molecule has 26 heavy (non-hydrogen) atoms. The van der Waals surface area contributed by atoms with Gasteiger partial charge in [0.05, 0.1) is 12.2 Å². The highest BCUT2D eigenvalue weighted by atomic mass is 16.5. The van der Waals surface area contributed by atoms with Gasteiger partial charge in [-0.1, -0.05) is 30.3 Å². The molecule has 1 aliphatic carbocycles. The number of amides is 2. The number of carboxylic acid groups (broad SMARTS) is 1. The molecule has 1 saturated carbocycles. The first kappa shape index (κ1) is 17.8. The van der Waals surface area contributed by atoms with E-state index in [4.69, 9.17) is 9.84 Å². The zero-order valence-electron chi connectivity index (χ0n) is 14.4. The summed E-state index contributed by atoms with van der Waals surface area (Å²) in [5.74, 6) is 0.514. The molecule has 0 radical (unpaired) electrons. The Labute approximate surface area is 152 Å². The van der Waals surface area contributed by atoms with Gasteiger partial charge in [-0.3, -0.25) is 0 Å². The minimum Gasteiger partial charge on any atom is -0.493 e. The van der Waals surface area contributed by atoms with Crippen LogP contribution >= 0.6 is 0 Å². The first-order valence-electron chi connectivity index (χ1n) is 8.66. The van der Waals surface area contributed by atoms with Crippen LogP contribution in [0, 0.1) is 5.92 Å². The number of urea groups is 1. The number of para-hydroxylation sites is 1. The Hall–Kier alpha value is -3.02. The molecule has 3 N–H and O–H groups in total. The fourth-order valence-electron chi connectivity index (χ4n) is 2.47. The molecular formula is C20H22N2O4. The largest absolute Gasteiger partial charge is 0.493 e. The molecule has 0 unspecified atom stereocenters. The Morgan fingerprint density at radius 3 is 2.38 bits per heavy atom. The van der Waals surface area contributed by atoms with Crippen molar-refractivity contribution in [3.05, 3.63) is 65.2 Å². The van der Waals surface area contributed by atoms with Gasteiger partial charge in [0.1, 0.15) is 5.75 Å². The molecule has 0 bridgehead atoms. The summed E-state index contributed by atoms with van der Waals surface area (Å²) in [6.07, 6.45) is 2.46. The molecule has 0 spiro atoms. The average Bonchev–Trinajstić information content (AvgIpc) is 3.48. The average molecular weight is 354 g/mol. The van der Waals surface area contributed by atoms with E-state index < -0.39 is 5.97 Å². The van der Waals surface area contributed by atoms with Crippen molar-refractivity contribution >= 4 is 12.0 Å². The lowest BCUT2D eigenvalue weighted by molar-refractivity contribution is 0.0697. The smallest absolute Gasteiger partial charge is 0.335 e. The molecule has 3 rings (SSSR count). The van der Waals surface area contributed by atoms with E-state index in [1.807, 2.05) is 24.3 Å². The molecule has 136 valence electrons. The van der Waals surface area contributed by atoms with Crippen molar-refractivity contribution in [1.82, 2.24) is 10.6 Å². The maximum absolute atomic E-state index is 12.0. The highest BCUT2D eigenvalue weighted by Gasteiger charge is 2.22. The van der Waals surface area contributed by atoms with E-state index in [2.05, 4.69) is 10.6 Å². The topological polar surface area (TPSA) is 87.7 Å². The van der Waals surface area contributed by atoms with Gasteiger partial charge in [0.2, 0.25) is 0 Å². The normalized spacial score (nSPS) is 13.1. The molecule has 0 aliphatic heterocycles. The van der Waals surface area contributed by atoms with Crippen molar-refractivity contribution in [2.24, 2.45) is 5.92 Å². The second-order valence-corrected chi connectivity index (χ2v) is 6.40. The van der Waals surface area contributed by atoms with Crippen LogP contribution in [-0.4, -0.2) is 23.7 Å². The van der Waals surface area contributed by atoms with Crippen LogP contribution in [0.2, 0.25) is 0 Å². The molecule has 0 atom stereocenters. The van der Waals surface area contributed by atoms with Gasteiger partial charge >= 0.3 is 12.0 Å². The second-order valence-electron chi connectivity index (χ2n) is 6.40. The molecule has 2 aromatic carbocycles. The lowest BCUT2D eigenvalue weighted by atomic mass is 10.1. The Balaban J connectivity index is 1.45. The first-order valence-corrected chi connectivity index (χ1v) is 8.66. The van der Waals surface area contributed by atoms with Gasteiger partial charge in [-0.2, -0.15) is 0 Å².